The van der Waals surface area contributed by atoms with Crippen molar-refractivity contribution >= 4 is 55.9 Å². The number of pyridine rings is 1. The summed E-state index contributed by atoms with van der Waals surface area (Å²) in [6.45, 7) is 7.24. The number of carbonyl (C=O) groups is 1. The highest BCUT2D eigenvalue weighted by Gasteiger charge is 2.43. The molecule has 15 heteroatoms. The van der Waals surface area contributed by atoms with E-state index in [1.165, 1.54) is 6.07 Å². The number of nitrogens with one attached hydrogen (secondary N) is 2. The van der Waals surface area contributed by atoms with Gasteiger partial charge >= 0.3 is 0 Å². The molecule has 2 aliphatic rings. The first-order chi connectivity index (χ1) is 21.7. The number of nitrogens with zero attached hydrogens (tertiary/aromatic N) is 7. The molecule has 0 saturated carbocycles. The Morgan fingerprint density at radius 1 is 1.07 bits per heavy atom. The van der Waals surface area contributed by atoms with E-state index in [9.17, 15) is 18.0 Å². The molecule has 13 nitrogen and oxygen atoms in total. The lowest BCUT2D eigenvalue weighted by Gasteiger charge is -2.40. The fourth-order valence-corrected chi connectivity index (χ4v) is 7.40. The van der Waals surface area contributed by atoms with Crippen LogP contribution in [-0.2, 0) is 24.1 Å². The fraction of sp³-hybridized carbons (Fsp3) is 0.452. The maximum atomic E-state index is 13.8. The Morgan fingerprint density at radius 3 is 2.54 bits per heavy atom. The number of anilines is 3. The maximum absolute atomic E-state index is 13.8. The number of carbonyl (C=O) groups excluding carboxylic acids is 1. The van der Waals surface area contributed by atoms with Gasteiger partial charge in [-0.05, 0) is 56.9 Å². The molecule has 1 amide bonds. The molecule has 6 rings (SSSR count). The van der Waals surface area contributed by atoms with Crippen molar-refractivity contribution in [3.63, 3.8) is 0 Å². The summed E-state index contributed by atoms with van der Waals surface area (Å²) in [5.41, 5.74) is 2.24. The Balaban J connectivity index is 1.33. The minimum atomic E-state index is -3.83. The topological polar surface area (TPSA) is 147 Å². The third-order valence-corrected chi connectivity index (χ3v) is 9.70. The molecule has 46 heavy (non-hydrogen) atoms. The molecular formula is C31H38ClN9O4S. The number of amides is 1. The lowest BCUT2D eigenvalue weighted by molar-refractivity contribution is 0.0977. The lowest BCUT2D eigenvalue weighted by atomic mass is 9.79. The van der Waals surface area contributed by atoms with Gasteiger partial charge in [-0.25, -0.2) is 23.1 Å². The van der Waals surface area contributed by atoms with Crippen molar-refractivity contribution in [2.45, 2.75) is 39.2 Å². The molecule has 5 heterocycles. The van der Waals surface area contributed by atoms with Crippen LogP contribution in [0.2, 0.25) is 5.15 Å². The Bertz CT molecular complexity index is 2010. The van der Waals surface area contributed by atoms with Gasteiger partial charge < -0.3 is 15.1 Å². The minimum absolute atomic E-state index is 0.0390. The van der Waals surface area contributed by atoms with Crippen LogP contribution in [0.3, 0.4) is 0 Å². The Kier molecular flexibility index (Phi) is 8.21. The van der Waals surface area contributed by atoms with E-state index >= 15 is 0 Å². The average Bonchev–Trinajstić information content (AvgIpc) is 3.61. The fourth-order valence-electron chi connectivity index (χ4n) is 6.82. The summed E-state index contributed by atoms with van der Waals surface area (Å²) in [5, 5.41) is 8.44. The Morgan fingerprint density at radius 2 is 1.83 bits per heavy atom. The first-order valence-corrected chi connectivity index (χ1v) is 17.4. The maximum Gasteiger partial charge on any atom is 0.285 e. The number of fused-ring (bicyclic) bond motifs is 1. The van der Waals surface area contributed by atoms with Gasteiger partial charge in [-0.3, -0.25) is 18.8 Å². The lowest BCUT2D eigenvalue weighted by Crippen LogP contribution is -2.45. The number of aromatic nitrogens is 5. The van der Waals surface area contributed by atoms with Crippen molar-refractivity contribution < 1.29 is 13.2 Å². The average molecular weight is 668 g/mol. The van der Waals surface area contributed by atoms with E-state index in [4.69, 9.17) is 16.6 Å². The second kappa shape index (κ2) is 11.9. The van der Waals surface area contributed by atoms with Gasteiger partial charge in [0.25, 0.3) is 11.5 Å². The van der Waals surface area contributed by atoms with Gasteiger partial charge in [0.1, 0.15) is 5.15 Å². The van der Waals surface area contributed by atoms with Crippen LogP contribution in [0.4, 0.5) is 17.5 Å². The molecule has 0 aliphatic carbocycles. The number of hydrogen-bond donors (Lipinski definition) is 2. The summed E-state index contributed by atoms with van der Waals surface area (Å²) in [6, 6.07) is 8.50. The molecule has 244 valence electrons. The van der Waals surface area contributed by atoms with E-state index in [1.807, 2.05) is 48.6 Å². The largest absolute Gasteiger partial charge is 0.377 e. The van der Waals surface area contributed by atoms with E-state index in [0.29, 0.717) is 16.9 Å². The van der Waals surface area contributed by atoms with Crippen LogP contribution in [0.5, 0.6) is 0 Å². The summed E-state index contributed by atoms with van der Waals surface area (Å²) >= 11 is 6.06. The van der Waals surface area contributed by atoms with Gasteiger partial charge in [0, 0.05) is 63.5 Å². The normalized spacial score (nSPS) is 19.2. The standard InChI is InChI=1S/C31H38ClN9O4S/c1-19-15-21(20(2)33-23-7-8-24(32)34-27(23)28(42)37-46(5,44)45)26-22(16-19)29(43)39(4)30(35-26)41-14-11-31(18-41)10-6-12-40(17-31)25-9-13-38(3)36-25/h7-9,13,15-16,20,33H,6,10-12,14,17-18H2,1-5H3,(H,37,42)/t20-,31?/m1/s1. The number of piperidine rings is 1. The van der Waals surface area contributed by atoms with Crippen molar-refractivity contribution in [3.8, 4) is 0 Å². The van der Waals surface area contributed by atoms with Crippen LogP contribution in [0.15, 0.2) is 41.3 Å². The van der Waals surface area contributed by atoms with Crippen molar-refractivity contribution in [2.24, 2.45) is 19.5 Å². The molecule has 2 fully saturated rings. The highest BCUT2D eigenvalue weighted by atomic mass is 35.5. The highest BCUT2D eigenvalue weighted by molar-refractivity contribution is 7.89. The second-order valence-corrected chi connectivity index (χ2v) is 14.8. The van der Waals surface area contributed by atoms with Crippen molar-refractivity contribution in [2.75, 3.05) is 47.6 Å². The highest BCUT2D eigenvalue weighted by Crippen LogP contribution is 2.41. The summed E-state index contributed by atoms with van der Waals surface area (Å²) in [4.78, 5) is 40.4. The molecule has 4 aromatic rings. The van der Waals surface area contributed by atoms with Gasteiger partial charge in [0.15, 0.2) is 11.5 Å². The Hall–Kier alpha value is -4.17. The van der Waals surface area contributed by atoms with E-state index in [1.54, 1.807) is 17.7 Å². The number of sulfonamides is 1. The van der Waals surface area contributed by atoms with Crippen molar-refractivity contribution in [1.82, 2.24) is 29.0 Å². The monoisotopic (exact) mass is 667 g/mol. The predicted molar refractivity (Wildman–Crippen MR) is 179 cm³/mol. The quantitative estimate of drug-likeness (QED) is 0.281. The van der Waals surface area contributed by atoms with Gasteiger partial charge in [-0.15, -0.1) is 0 Å². The van der Waals surface area contributed by atoms with Crippen LogP contribution in [0, 0.1) is 12.3 Å². The zero-order valence-electron chi connectivity index (χ0n) is 26.5. The van der Waals surface area contributed by atoms with Crippen LogP contribution in [0.25, 0.3) is 10.9 Å². The number of halogens is 1. The second-order valence-electron chi connectivity index (χ2n) is 12.7. The first-order valence-electron chi connectivity index (χ1n) is 15.2. The number of aryl methyl sites for hydroxylation is 2. The zero-order chi connectivity index (χ0) is 33.0. The molecule has 1 aromatic carbocycles. The van der Waals surface area contributed by atoms with Gasteiger partial charge in [-0.2, -0.15) is 5.10 Å². The number of benzene rings is 1. The molecule has 2 saturated heterocycles. The number of hydrogen-bond acceptors (Lipinski definition) is 10. The summed E-state index contributed by atoms with van der Waals surface area (Å²) < 4.78 is 28.9. The number of rotatable bonds is 7. The van der Waals surface area contributed by atoms with E-state index in [-0.39, 0.29) is 27.5 Å². The summed E-state index contributed by atoms with van der Waals surface area (Å²) in [6.07, 6.45) is 6.02. The van der Waals surface area contributed by atoms with Crippen LogP contribution in [-0.4, -0.2) is 71.1 Å². The third kappa shape index (κ3) is 6.27. The Labute approximate surface area is 272 Å². The molecule has 1 unspecified atom stereocenters. The molecule has 0 bridgehead atoms. The minimum Gasteiger partial charge on any atom is -0.377 e. The molecule has 2 N–H and O–H groups in total. The van der Waals surface area contributed by atoms with Crippen LogP contribution >= 0.6 is 11.6 Å². The van der Waals surface area contributed by atoms with Crippen molar-refractivity contribution in [1.29, 1.82) is 0 Å². The molecule has 1 spiro atoms. The van der Waals surface area contributed by atoms with Gasteiger partial charge in [-0.1, -0.05) is 17.7 Å². The molecule has 0 radical (unpaired) electrons. The first kappa shape index (κ1) is 31.8. The molecule has 2 atom stereocenters. The van der Waals surface area contributed by atoms with Crippen LogP contribution in [0.1, 0.15) is 53.8 Å². The van der Waals surface area contributed by atoms with E-state index < -0.39 is 22.0 Å². The van der Waals surface area contributed by atoms with E-state index in [0.717, 1.165) is 68.6 Å². The summed E-state index contributed by atoms with van der Waals surface area (Å²) in [5.74, 6) is 0.698. The zero-order valence-corrected chi connectivity index (χ0v) is 28.1. The van der Waals surface area contributed by atoms with Crippen molar-refractivity contribution in [3.05, 3.63) is 68.9 Å². The third-order valence-electron chi connectivity index (χ3n) is 8.93. The molecule has 3 aromatic heterocycles. The smallest absolute Gasteiger partial charge is 0.285 e. The summed E-state index contributed by atoms with van der Waals surface area (Å²) in [7, 11) is -0.134. The molecule has 2 aliphatic heterocycles. The predicted octanol–water partition coefficient (Wildman–Crippen LogP) is 3.38. The van der Waals surface area contributed by atoms with Crippen LogP contribution < -0.4 is 25.4 Å². The van der Waals surface area contributed by atoms with E-state index in [2.05, 4.69) is 31.3 Å². The SMILES string of the molecule is Cc1cc([C@@H](C)Nc2ccc(Cl)nc2C(=O)NS(C)(=O)=O)c2nc(N3CCC4(CCCN(c5ccn(C)n5)C4)C3)n(C)c(=O)c2c1. The van der Waals surface area contributed by atoms with Gasteiger partial charge in [0.05, 0.1) is 28.9 Å². The van der Waals surface area contributed by atoms with Gasteiger partial charge in [0.2, 0.25) is 16.0 Å². The molecular weight excluding hydrogens is 630 g/mol.